The molecule has 3 amide bonds. The van der Waals surface area contributed by atoms with Gasteiger partial charge in [-0.15, -0.1) is 0 Å². The summed E-state index contributed by atoms with van der Waals surface area (Å²) in [6.07, 6.45) is 1.98. The summed E-state index contributed by atoms with van der Waals surface area (Å²) in [4.78, 5) is 42.8. The molecule has 1 aromatic carbocycles. The smallest absolute Gasteiger partial charge is 0.245 e. The second-order valence-electron chi connectivity index (χ2n) is 9.62. The predicted molar refractivity (Wildman–Crippen MR) is 139 cm³/mol. The van der Waals surface area contributed by atoms with E-state index in [2.05, 4.69) is 20.7 Å². The molecular weight excluding hydrogens is 474 g/mol. The van der Waals surface area contributed by atoms with Crippen LogP contribution in [0.2, 0.25) is 0 Å². The van der Waals surface area contributed by atoms with Gasteiger partial charge in [0.05, 0.1) is 12.8 Å². The average molecular weight is 514 g/mol. The monoisotopic (exact) mass is 513 g/mol. The topological polar surface area (TPSA) is 117 Å². The Morgan fingerprint density at radius 3 is 2.46 bits per heavy atom. The number of nitrogens with one attached hydrogen (secondary N) is 2. The van der Waals surface area contributed by atoms with Gasteiger partial charge in [0.25, 0.3) is 0 Å². The molecular formula is C27H39N5O5. The van der Waals surface area contributed by atoms with Gasteiger partial charge in [-0.25, -0.2) is 0 Å². The van der Waals surface area contributed by atoms with Gasteiger partial charge in [0, 0.05) is 45.1 Å². The number of hydrogen-bond donors (Lipinski definition) is 2. The highest BCUT2D eigenvalue weighted by atomic mass is 16.5. The lowest BCUT2D eigenvalue weighted by Gasteiger charge is -2.29. The number of methoxy groups -OCH3 is 1. The third-order valence-electron chi connectivity index (χ3n) is 6.93. The lowest BCUT2D eigenvalue weighted by atomic mass is 10.0. The zero-order chi connectivity index (χ0) is 26.9. The molecule has 0 saturated carbocycles. The Balaban J connectivity index is 1.76. The van der Waals surface area contributed by atoms with E-state index >= 15 is 0 Å². The molecule has 2 heterocycles. The first-order chi connectivity index (χ1) is 17.7. The van der Waals surface area contributed by atoms with Crippen LogP contribution in [0.5, 0.6) is 5.75 Å². The number of nitrogens with zero attached hydrogens (tertiary/aromatic N) is 3. The number of carbonyl (C=O) groups is 3. The van der Waals surface area contributed by atoms with E-state index in [0.717, 1.165) is 35.5 Å². The Bertz CT molecular complexity index is 1050. The minimum absolute atomic E-state index is 0.190. The van der Waals surface area contributed by atoms with Crippen LogP contribution in [0.1, 0.15) is 48.8 Å². The van der Waals surface area contributed by atoms with Crippen molar-refractivity contribution in [3.05, 3.63) is 46.8 Å². The number of hydrogen-bond acceptors (Lipinski definition) is 7. The van der Waals surface area contributed by atoms with Crippen LogP contribution < -0.4 is 15.4 Å². The summed E-state index contributed by atoms with van der Waals surface area (Å²) in [5, 5.41) is 9.92. The van der Waals surface area contributed by atoms with Crippen LogP contribution in [-0.4, -0.2) is 78.6 Å². The zero-order valence-corrected chi connectivity index (χ0v) is 22.5. The SMILES string of the molecule is COc1ccc(C[C@@H]2NC(=O)CCCN(Cc3c(C)noc3C)CCCNC(=O)[C@H](C)N(C)C2=O)cc1. The van der Waals surface area contributed by atoms with Crippen LogP contribution >= 0.6 is 0 Å². The minimum atomic E-state index is -0.787. The summed E-state index contributed by atoms with van der Waals surface area (Å²) in [6, 6.07) is 5.92. The molecule has 1 aliphatic heterocycles. The second kappa shape index (κ2) is 13.2. The largest absolute Gasteiger partial charge is 0.497 e. The zero-order valence-electron chi connectivity index (χ0n) is 22.5. The van der Waals surface area contributed by atoms with Crippen molar-refractivity contribution in [3.8, 4) is 5.75 Å². The van der Waals surface area contributed by atoms with Crippen LogP contribution in [-0.2, 0) is 27.3 Å². The third kappa shape index (κ3) is 7.79. The second-order valence-corrected chi connectivity index (χ2v) is 9.62. The summed E-state index contributed by atoms with van der Waals surface area (Å²) in [5.74, 6) is 0.782. The van der Waals surface area contributed by atoms with Crippen LogP contribution in [0.15, 0.2) is 28.8 Å². The quantitative estimate of drug-likeness (QED) is 0.628. The summed E-state index contributed by atoms with van der Waals surface area (Å²) in [7, 11) is 3.19. The molecule has 2 aromatic rings. The molecule has 0 radical (unpaired) electrons. The number of carbonyl (C=O) groups excluding carboxylic acids is 3. The van der Waals surface area contributed by atoms with Crippen molar-refractivity contribution in [1.82, 2.24) is 25.6 Å². The fourth-order valence-electron chi connectivity index (χ4n) is 4.42. The van der Waals surface area contributed by atoms with E-state index in [4.69, 9.17) is 9.26 Å². The first kappa shape index (κ1) is 28.2. The van der Waals surface area contributed by atoms with Crippen molar-refractivity contribution in [2.75, 3.05) is 33.8 Å². The van der Waals surface area contributed by atoms with Gasteiger partial charge in [-0.05, 0) is 57.9 Å². The molecule has 202 valence electrons. The van der Waals surface area contributed by atoms with E-state index in [1.165, 1.54) is 4.90 Å². The maximum atomic E-state index is 13.4. The number of aryl methyl sites for hydroxylation is 2. The fraction of sp³-hybridized carbons (Fsp3) is 0.556. The molecule has 2 atom stereocenters. The molecule has 0 spiro atoms. The fourth-order valence-corrected chi connectivity index (χ4v) is 4.42. The molecule has 10 heteroatoms. The summed E-state index contributed by atoms with van der Waals surface area (Å²) < 4.78 is 10.5. The molecule has 37 heavy (non-hydrogen) atoms. The molecule has 0 aliphatic carbocycles. The lowest BCUT2D eigenvalue weighted by molar-refractivity contribution is -0.141. The number of likely N-dealkylation sites (N-methyl/N-ethyl adjacent to an activating group) is 1. The Kier molecular flexibility index (Phi) is 10.1. The molecule has 3 rings (SSSR count). The van der Waals surface area contributed by atoms with Crippen molar-refractivity contribution in [2.24, 2.45) is 0 Å². The van der Waals surface area contributed by atoms with Crippen molar-refractivity contribution >= 4 is 17.7 Å². The number of aromatic nitrogens is 1. The predicted octanol–water partition coefficient (Wildman–Crippen LogP) is 1.98. The highest BCUT2D eigenvalue weighted by Gasteiger charge is 2.30. The Hall–Kier alpha value is -3.40. The Labute approximate surface area is 218 Å². The first-order valence-electron chi connectivity index (χ1n) is 12.8. The molecule has 1 fully saturated rings. The molecule has 1 aromatic heterocycles. The van der Waals surface area contributed by atoms with Crippen molar-refractivity contribution in [1.29, 1.82) is 0 Å². The van der Waals surface area contributed by atoms with Crippen LogP contribution in [0.3, 0.4) is 0 Å². The number of amides is 3. The van der Waals surface area contributed by atoms with Gasteiger partial charge >= 0.3 is 0 Å². The van der Waals surface area contributed by atoms with E-state index < -0.39 is 12.1 Å². The van der Waals surface area contributed by atoms with E-state index in [1.54, 1.807) is 21.1 Å². The van der Waals surface area contributed by atoms with E-state index in [9.17, 15) is 14.4 Å². The minimum Gasteiger partial charge on any atom is -0.497 e. The summed E-state index contributed by atoms with van der Waals surface area (Å²) in [5.41, 5.74) is 2.79. The van der Waals surface area contributed by atoms with Crippen LogP contribution in [0, 0.1) is 13.8 Å². The lowest BCUT2D eigenvalue weighted by Crippen LogP contribution is -2.54. The highest BCUT2D eigenvalue weighted by molar-refractivity contribution is 5.92. The van der Waals surface area contributed by atoms with Crippen LogP contribution in [0.4, 0.5) is 0 Å². The molecule has 0 bridgehead atoms. The normalized spacial score (nSPS) is 21.1. The van der Waals surface area contributed by atoms with Gasteiger partial charge in [0.15, 0.2) is 0 Å². The van der Waals surface area contributed by atoms with Crippen molar-refractivity contribution < 1.29 is 23.6 Å². The highest BCUT2D eigenvalue weighted by Crippen LogP contribution is 2.17. The molecule has 2 N–H and O–H groups in total. The van der Waals surface area contributed by atoms with E-state index in [-0.39, 0.29) is 17.7 Å². The standard InChI is InChI=1S/C27H39N5O5/c1-18-23(20(3)37-30-18)17-32-14-6-8-25(33)29-24(16-21-9-11-22(36-5)12-10-21)27(35)31(4)19(2)26(34)28-13-7-15-32/h9-12,19,24H,6-8,13-17H2,1-5H3,(H,28,34)(H,29,33)/t19-,24-/m0/s1. The Morgan fingerprint density at radius 1 is 1.11 bits per heavy atom. The molecule has 1 aliphatic rings. The maximum Gasteiger partial charge on any atom is 0.245 e. The van der Waals surface area contributed by atoms with Crippen LogP contribution in [0.25, 0.3) is 0 Å². The summed E-state index contributed by atoms with van der Waals surface area (Å²) >= 11 is 0. The first-order valence-corrected chi connectivity index (χ1v) is 12.8. The van der Waals surface area contributed by atoms with Crippen molar-refractivity contribution in [3.63, 3.8) is 0 Å². The summed E-state index contributed by atoms with van der Waals surface area (Å²) in [6.45, 7) is 8.11. The third-order valence-corrected chi connectivity index (χ3v) is 6.93. The van der Waals surface area contributed by atoms with Gasteiger partial charge in [0.1, 0.15) is 23.6 Å². The Morgan fingerprint density at radius 2 is 1.81 bits per heavy atom. The van der Waals surface area contributed by atoms with Gasteiger partial charge in [-0.1, -0.05) is 17.3 Å². The van der Waals surface area contributed by atoms with Gasteiger partial charge < -0.3 is 24.8 Å². The molecule has 0 unspecified atom stereocenters. The number of benzene rings is 1. The molecule has 1 saturated heterocycles. The number of ether oxygens (including phenoxy) is 1. The maximum absolute atomic E-state index is 13.4. The van der Waals surface area contributed by atoms with Gasteiger partial charge in [-0.2, -0.15) is 0 Å². The molecule has 10 nitrogen and oxygen atoms in total. The average Bonchev–Trinajstić information content (AvgIpc) is 3.20. The number of rotatable bonds is 5. The van der Waals surface area contributed by atoms with Gasteiger partial charge in [-0.3, -0.25) is 19.3 Å². The van der Waals surface area contributed by atoms with E-state index in [0.29, 0.717) is 44.6 Å². The van der Waals surface area contributed by atoms with E-state index in [1.807, 2.05) is 38.1 Å². The van der Waals surface area contributed by atoms with Gasteiger partial charge in [0.2, 0.25) is 17.7 Å². The van der Waals surface area contributed by atoms with Crippen molar-refractivity contribution in [2.45, 2.75) is 65.1 Å².